The normalized spacial score (nSPS) is 22.2. The molecule has 2 saturated heterocycles. The van der Waals surface area contributed by atoms with Gasteiger partial charge >= 0.3 is 5.97 Å². The van der Waals surface area contributed by atoms with Crippen molar-refractivity contribution in [1.29, 1.82) is 0 Å². The first-order chi connectivity index (χ1) is 25.5. The average Bonchev–Trinajstić information content (AvgIpc) is 3.89. The molecule has 4 heterocycles. The Morgan fingerprint density at radius 2 is 1.85 bits per heavy atom. The third kappa shape index (κ3) is 8.93. The van der Waals surface area contributed by atoms with Crippen molar-refractivity contribution in [2.24, 2.45) is 0 Å². The van der Waals surface area contributed by atoms with Crippen molar-refractivity contribution in [2.45, 2.75) is 75.5 Å². The highest BCUT2D eigenvalue weighted by atomic mass is 35.5. The number of aliphatic carboxylic acids is 1. The van der Waals surface area contributed by atoms with Crippen molar-refractivity contribution in [2.75, 3.05) is 27.0 Å². The monoisotopic (exact) mass is 753 g/mol. The van der Waals surface area contributed by atoms with Crippen molar-refractivity contribution in [1.82, 2.24) is 26.2 Å². The van der Waals surface area contributed by atoms with Gasteiger partial charge < -0.3 is 49.9 Å². The number of aryl methyl sites for hydroxylation is 1. The zero-order chi connectivity index (χ0) is 37.6. The fraction of sp³-hybridized carbons (Fsp3) is 0.444. The highest BCUT2D eigenvalue weighted by Crippen LogP contribution is 2.34. The number of furan rings is 1. The Morgan fingerprint density at radius 1 is 1.04 bits per heavy atom. The summed E-state index contributed by atoms with van der Waals surface area (Å²) in [5, 5.41) is 21.6. The van der Waals surface area contributed by atoms with Gasteiger partial charge in [0.15, 0.2) is 28.6 Å². The van der Waals surface area contributed by atoms with Crippen LogP contribution in [0.4, 0.5) is 0 Å². The Bertz CT molecular complexity index is 1920. The highest BCUT2D eigenvalue weighted by molar-refractivity contribution is 6.31. The molecule has 0 bridgehead atoms. The number of ether oxygens (including phenoxy) is 3. The predicted molar refractivity (Wildman–Crippen MR) is 188 cm³/mol. The number of nitrogens with one attached hydrogen (secondary N) is 4. The van der Waals surface area contributed by atoms with E-state index in [1.807, 2.05) is 6.07 Å². The van der Waals surface area contributed by atoms with Crippen molar-refractivity contribution >= 4 is 58.1 Å². The number of methoxy groups -OCH3 is 1. The molecule has 0 unspecified atom stereocenters. The quantitative estimate of drug-likeness (QED) is 0.225. The van der Waals surface area contributed by atoms with E-state index in [0.29, 0.717) is 52.5 Å². The number of carbonyl (C=O) groups is 6. The molecule has 4 atom stereocenters. The van der Waals surface area contributed by atoms with Crippen LogP contribution in [0.15, 0.2) is 40.8 Å². The molecule has 2 aromatic carbocycles. The molecule has 282 valence electrons. The Kier molecular flexibility index (Phi) is 11.6. The second kappa shape index (κ2) is 16.4. The molecular weight excluding hydrogens is 714 g/mol. The van der Waals surface area contributed by atoms with E-state index in [2.05, 4.69) is 21.3 Å². The van der Waals surface area contributed by atoms with Gasteiger partial charge in [-0.25, -0.2) is 4.79 Å². The molecule has 3 aliphatic heterocycles. The third-order valence-corrected chi connectivity index (χ3v) is 9.66. The second-order valence-electron chi connectivity index (χ2n) is 13.1. The first-order valence-electron chi connectivity index (χ1n) is 17.3. The van der Waals surface area contributed by atoms with Crippen LogP contribution in [0.2, 0.25) is 5.02 Å². The summed E-state index contributed by atoms with van der Waals surface area (Å²) >= 11 is 6.18. The SMILES string of the molecule is COc1cc(Cl)cc2cc(C(=O)N[C@@H]3C[C@H]4C(=O)N[C@H](C(=O)O)CCC(=O)NCCCC[C@H](NC(=O)CCc5ccc6c(c5)OCO6)C(=O)N4C3)oc12. The van der Waals surface area contributed by atoms with Crippen LogP contribution < -0.4 is 35.5 Å². The summed E-state index contributed by atoms with van der Waals surface area (Å²) in [5.74, 6) is -2.60. The van der Waals surface area contributed by atoms with E-state index in [-0.39, 0.29) is 63.7 Å². The van der Waals surface area contributed by atoms with E-state index in [0.717, 1.165) is 5.56 Å². The van der Waals surface area contributed by atoms with Crippen molar-refractivity contribution in [3.05, 3.63) is 52.7 Å². The molecule has 6 rings (SSSR count). The Hall–Kier alpha value is -5.51. The smallest absolute Gasteiger partial charge is 0.326 e. The van der Waals surface area contributed by atoms with Gasteiger partial charge in [-0.3, -0.25) is 24.0 Å². The van der Waals surface area contributed by atoms with Gasteiger partial charge in [0.05, 0.1) is 7.11 Å². The number of rotatable bonds is 8. The molecule has 5 N–H and O–H groups in total. The topological polar surface area (TPSA) is 215 Å². The summed E-state index contributed by atoms with van der Waals surface area (Å²) in [4.78, 5) is 80.5. The van der Waals surface area contributed by atoms with Gasteiger partial charge in [-0.2, -0.15) is 0 Å². The van der Waals surface area contributed by atoms with Crippen LogP contribution in [-0.2, 0) is 30.4 Å². The van der Waals surface area contributed by atoms with Crippen molar-refractivity contribution < 1.29 is 52.5 Å². The molecule has 3 aromatic rings. The first-order valence-corrected chi connectivity index (χ1v) is 17.7. The highest BCUT2D eigenvalue weighted by Gasteiger charge is 2.43. The number of nitrogens with zero attached hydrogens (tertiary/aromatic N) is 1. The van der Waals surface area contributed by atoms with Crippen LogP contribution in [-0.4, -0.2) is 96.7 Å². The van der Waals surface area contributed by atoms with Crippen LogP contribution in [0, 0.1) is 0 Å². The zero-order valence-electron chi connectivity index (χ0n) is 28.9. The molecule has 0 aliphatic carbocycles. The third-order valence-electron chi connectivity index (χ3n) is 9.44. The minimum absolute atomic E-state index is 0.0515. The lowest BCUT2D eigenvalue weighted by Crippen LogP contribution is -2.55. The number of fused-ring (bicyclic) bond motifs is 3. The van der Waals surface area contributed by atoms with Gasteiger partial charge in [-0.1, -0.05) is 17.7 Å². The van der Waals surface area contributed by atoms with E-state index in [9.17, 15) is 33.9 Å². The van der Waals surface area contributed by atoms with Gasteiger partial charge in [-0.15, -0.1) is 0 Å². The Morgan fingerprint density at radius 3 is 2.64 bits per heavy atom. The summed E-state index contributed by atoms with van der Waals surface area (Å²) < 4.78 is 21.9. The van der Waals surface area contributed by atoms with Crippen LogP contribution in [0.1, 0.15) is 61.1 Å². The number of benzene rings is 2. The molecule has 5 amide bonds. The van der Waals surface area contributed by atoms with Crippen LogP contribution in [0.3, 0.4) is 0 Å². The van der Waals surface area contributed by atoms with Crippen LogP contribution in [0.5, 0.6) is 17.2 Å². The minimum atomic E-state index is -1.41. The van der Waals surface area contributed by atoms with Crippen molar-refractivity contribution in [3.8, 4) is 17.2 Å². The largest absolute Gasteiger partial charge is 0.493 e. The molecule has 0 saturated carbocycles. The van der Waals surface area contributed by atoms with Gasteiger partial charge in [-0.05, 0) is 68.4 Å². The molecule has 16 nitrogen and oxygen atoms in total. The molecule has 0 radical (unpaired) electrons. The fourth-order valence-corrected chi connectivity index (χ4v) is 6.92. The standard InChI is InChI=1S/C36H40ClN5O11/c1-50-28-15-21(37)13-20-14-29(53-32(20)28)34(46)39-22-16-25-33(45)41-24(36(48)49)7-10-30(43)38-11-3-2-4-23(35(47)42(25)17-22)40-31(44)9-6-19-5-8-26-27(12-19)52-18-51-26/h5,8,12-15,22-25H,2-4,6-7,9-11,16-18H2,1H3,(H,38,43)(H,39,46)(H,40,44)(H,41,45)(H,48,49)/t22-,23+,24+,25+/m1/s1. The van der Waals surface area contributed by atoms with E-state index < -0.39 is 53.8 Å². The lowest BCUT2D eigenvalue weighted by Gasteiger charge is -2.29. The maximum atomic E-state index is 14.3. The Labute approximate surface area is 308 Å². The minimum Gasteiger partial charge on any atom is -0.493 e. The number of halogens is 1. The molecular formula is C36H40ClN5O11. The first kappa shape index (κ1) is 37.3. The van der Waals surface area contributed by atoms with E-state index in [1.165, 1.54) is 18.1 Å². The molecule has 3 aliphatic rings. The maximum Gasteiger partial charge on any atom is 0.326 e. The number of carbonyl (C=O) groups excluding carboxylic acids is 5. The number of hydrogen-bond donors (Lipinski definition) is 5. The molecule has 0 spiro atoms. The van der Waals surface area contributed by atoms with Crippen LogP contribution >= 0.6 is 11.6 Å². The summed E-state index contributed by atoms with van der Waals surface area (Å²) in [5.41, 5.74) is 1.14. The van der Waals surface area contributed by atoms with E-state index >= 15 is 0 Å². The summed E-state index contributed by atoms with van der Waals surface area (Å²) in [6.07, 6.45) is 1.17. The van der Waals surface area contributed by atoms with Gasteiger partial charge in [0.25, 0.3) is 5.91 Å². The number of amides is 5. The molecule has 2 fully saturated rings. The number of carboxylic acid groups (broad SMARTS) is 1. The Balaban J connectivity index is 1.21. The zero-order valence-corrected chi connectivity index (χ0v) is 29.7. The van der Waals surface area contributed by atoms with E-state index in [4.69, 9.17) is 30.2 Å². The molecule has 1 aromatic heterocycles. The lowest BCUT2D eigenvalue weighted by molar-refractivity contribution is -0.145. The maximum absolute atomic E-state index is 14.3. The lowest BCUT2D eigenvalue weighted by atomic mass is 10.1. The van der Waals surface area contributed by atoms with Crippen molar-refractivity contribution in [3.63, 3.8) is 0 Å². The van der Waals surface area contributed by atoms with Gasteiger partial charge in [0, 0.05) is 48.4 Å². The summed E-state index contributed by atoms with van der Waals surface area (Å²) in [6, 6.07) is 5.63. The number of hydrogen-bond acceptors (Lipinski definition) is 10. The summed E-state index contributed by atoms with van der Waals surface area (Å²) in [6.45, 7) is 0.288. The average molecular weight is 754 g/mol. The van der Waals surface area contributed by atoms with Gasteiger partial charge in [0.1, 0.15) is 18.1 Å². The number of carboxylic acids is 1. The van der Waals surface area contributed by atoms with E-state index in [1.54, 1.807) is 24.3 Å². The predicted octanol–water partition coefficient (Wildman–Crippen LogP) is 2.29. The molecule has 17 heteroatoms. The molecule has 53 heavy (non-hydrogen) atoms. The second-order valence-corrected chi connectivity index (χ2v) is 13.6. The van der Waals surface area contributed by atoms with Crippen LogP contribution in [0.25, 0.3) is 11.0 Å². The summed E-state index contributed by atoms with van der Waals surface area (Å²) in [7, 11) is 1.44. The fourth-order valence-electron chi connectivity index (χ4n) is 6.71. The van der Waals surface area contributed by atoms with Gasteiger partial charge in [0.2, 0.25) is 30.4 Å².